The SMILES string of the molecule is C=C1CCC2CC([C@@]3(C)CCOC[C@@H]3C)CC[C@]12C. The van der Waals surface area contributed by atoms with Crippen LogP contribution in [0.2, 0.25) is 0 Å². The molecule has 1 saturated heterocycles. The topological polar surface area (TPSA) is 9.23 Å². The minimum atomic E-state index is 0.473. The van der Waals surface area contributed by atoms with Crippen molar-refractivity contribution in [2.24, 2.45) is 28.6 Å². The van der Waals surface area contributed by atoms with Gasteiger partial charge in [0.1, 0.15) is 0 Å². The Morgan fingerprint density at radius 2 is 1.95 bits per heavy atom. The van der Waals surface area contributed by atoms with Gasteiger partial charge in [-0.05, 0) is 67.1 Å². The fraction of sp³-hybridized carbons (Fsp3) is 0.889. The second-order valence-corrected chi connectivity index (χ2v) is 7.96. The lowest BCUT2D eigenvalue weighted by Crippen LogP contribution is -2.45. The van der Waals surface area contributed by atoms with Crippen LogP contribution in [0.5, 0.6) is 0 Å². The van der Waals surface area contributed by atoms with Crippen LogP contribution in [0.15, 0.2) is 12.2 Å². The molecule has 2 saturated carbocycles. The summed E-state index contributed by atoms with van der Waals surface area (Å²) < 4.78 is 5.68. The Kier molecular flexibility index (Phi) is 3.32. The van der Waals surface area contributed by atoms with E-state index in [0.29, 0.717) is 10.8 Å². The number of fused-ring (bicyclic) bond motifs is 1. The molecule has 0 aromatic rings. The molecule has 2 unspecified atom stereocenters. The van der Waals surface area contributed by atoms with Crippen LogP contribution in [0.25, 0.3) is 0 Å². The van der Waals surface area contributed by atoms with E-state index in [4.69, 9.17) is 4.74 Å². The molecular weight excluding hydrogens is 232 g/mol. The van der Waals surface area contributed by atoms with Gasteiger partial charge in [-0.1, -0.05) is 32.9 Å². The molecule has 0 spiro atoms. The molecule has 108 valence electrons. The van der Waals surface area contributed by atoms with Gasteiger partial charge in [-0.25, -0.2) is 0 Å². The summed E-state index contributed by atoms with van der Waals surface area (Å²) in [5.74, 6) is 2.54. The first-order chi connectivity index (χ1) is 8.97. The van der Waals surface area contributed by atoms with Crippen molar-refractivity contribution in [1.82, 2.24) is 0 Å². The second kappa shape index (κ2) is 4.62. The van der Waals surface area contributed by atoms with E-state index in [-0.39, 0.29) is 0 Å². The summed E-state index contributed by atoms with van der Waals surface area (Å²) in [6.07, 6.45) is 8.17. The Bertz CT molecular complexity index is 374. The first-order valence-electron chi connectivity index (χ1n) is 8.23. The summed E-state index contributed by atoms with van der Waals surface area (Å²) in [6, 6.07) is 0. The van der Waals surface area contributed by atoms with Crippen molar-refractivity contribution >= 4 is 0 Å². The van der Waals surface area contributed by atoms with Crippen molar-refractivity contribution in [1.29, 1.82) is 0 Å². The maximum Gasteiger partial charge on any atom is 0.0496 e. The first kappa shape index (κ1) is 13.7. The van der Waals surface area contributed by atoms with E-state index in [1.54, 1.807) is 5.57 Å². The Labute approximate surface area is 118 Å². The number of hydrogen-bond donors (Lipinski definition) is 0. The van der Waals surface area contributed by atoms with E-state index in [1.165, 1.54) is 38.5 Å². The zero-order chi connectivity index (χ0) is 13.7. The summed E-state index contributed by atoms with van der Waals surface area (Å²) in [6.45, 7) is 13.7. The molecule has 1 heteroatoms. The molecule has 0 aromatic carbocycles. The molecule has 3 rings (SSSR count). The van der Waals surface area contributed by atoms with Crippen LogP contribution in [-0.2, 0) is 4.74 Å². The quantitative estimate of drug-likeness (QED) is 0.615. The van der Waals surface area contributed by atoms with Crippen molar-refractivity contribution in [2.45, 2.75) is 59.3 Å². The van der Waals surface area contributed by atoms with Crippen LogP contribution < -0.4 is 0 Å². The predicted octanol–water partition coefficient (Wildman–Crippen LogP) is 4.82. The van der Waals surface area contributed by atoms with Gasteiger partial charge in [-0.3, -0.25) is 0 Å². The summed E-state index contributed by atoms with van der Waals surface area (Å²) in [5.41, 5.74) is 2.53. The standard InChI is InChI=1S/C18H30O/c1-13-5-6-15-11-16(7-8-17(13,15)3)18(4)9-10-19-12-14(18)2/h14-16H,1,5-12H2,2-4H3/t14-,15?,16?,17+,18-/m0/s1. The molecule has 3 aliphatic rings. The molecule has 3 fully saturated rings. The van der Waals surface area contributed by atoms with E-state index in [9.17, 15) is 0 Å². The molecule has 0 bridgehead atoms. The van der Waals surface area contributed by atoms with Crippen LogP contribution in [0.1, 0.15) is 59.3 Å². The highest BCUT2D eigenvalue weighted by atomic mass is 16.5. The van der Waals surface area contributed by atoms with Crippen LogP contribution >= 0.6 is 0 Å². The number of hydrogen-bond acceptors (Lipinski definition) is 1. The minimum Gasteiger partial charge on any atom is -0.381 e. The van der Waals surface area contributed by atoms with Gasteiger partial charge in [0.2, 0.25) is 0 Å². The van der Waals surface area contributed by atoms with E-state index in [2.05, 4.69) is 27.4 Å². The highest BCUT2D eigenvalue weighted by Crippen LogP contribution is 2.60. The van der Waals surface area contributed by atoms with Crippen LogP contribution in [-0.4, -0.2) is 13.2 Å². The maximum absolute atomic E-state index is 5.68. The van der Waals surface area contributed by atoms with Crippen molar-refractivity contribution in [3.63, 3.8) is 0 Å². The van der Waals surface area contributed by atoms with Crippen molar-refractivity contribution in [3.8, 4) is 0 Å². The fourth-order valence-corrected chi connectivity index (χ4v) is 5.13. The molecule has 5 atom stereocenters. The summed E-state index contributed by atoms with van der Waals surface area (Å²) in [7, 11) is 0. The van der Waals surface area contributed by atoms with Crippen LogP contribution in [0.3, 0.4) is 0 Å². The molecule has 1 aliphatic heterocycles. The van der Waals surface area contributed by atoms with Crippen molar-refractivity contribution in [3.05, 3.63) is 12.2 Å². The molecule has 0 aromatic heterocycles. The summed E-state index contributed by atoms with van der Waals surface area (Å²) in [4.78, 5) is 0. The van der Waals surface area contributed by atoms with Gasteiger partial charge in [0.25, 0.3) is 0 Å². The third-order valence-corrected chi connectivity index (χ3v) is 7.30. The lowest BCUT2D eigenvalue weighted by molar-refractivity contribution is -0.0772. The monoisotopic (exact) mass is 262 g/mol. The van der Waals surface area contributed by atoms with Crippen LogP contribution in [0.4, 0.5) is 0 Å². The molecule has 0 radical (unpaired) electrons. The van der Waals surface area contributed by atoms with Gasteiger partial charge in [-0.2, -0.15) is 0 Å². The van der Waals surface area contributed by atoms with Gasteiger partial charge in [0.05, 0.1) is 0 Å². The summed E-state index contributed by atoms with van der Waals surface area (Å²) in [5, 5.41) is 0. The van der Waals surface area contributed by atoms with E-state index < -0.39 is 0 Å². The van der Waals surface area contributed by atoms with Crippen molar-refractivity contribution < 1.29 is 4.74 Å². The maximum atomic E-state index is 5.68. The summed E-state index contributed by atoms with van der Waals surface area (Å²) >= 11 is 0. The lowest BCUT2D eigenvalue weighted by Gasteiger charge is -2.51. The van der Waals surface area contributed by atoms with Gasteiger partial charge in [0.15, 0.2) is 0 Å². The molecule has 19 heavy (non-hydrogen) atoms. The van der Waals surface area contributed by atoms with E-state index in [0.717, 1.165) is 31.0 Å². The van der Waals surface area contributed by atoms with Gasteiger partial charge in [0, 0.05) is 13.2 Å². The van der Waals surface area contributed by atoms with E-state index in [1.807, 2.05) is 0 Å². The van der Waals surface area contributed by atoms with E-state index >= 15 is 0 Å². The Balaban J connectivity index is 1.76. The number of allylic oxidation sites excluding steroid dienone is 1. The minimum absolute atomic E-state index is 0.473. The fourth-order valence-electron chi connectivity index (χ4n) is 5.13. The Morgan fingerprint density at radius 1 is 1.16 bits per heavy atom. The lowest BCUT2D eigenvalue weighted by atomic mass is 9.55. The van der Waals surface area contributed by atoms with Gasteiger partial charge >= 0.3 is 0 Å². The van der Waals surface area contributed by atoms with Crippen LogP contribution in [0, 0.1) is 28.6 Å². The predicted molar refractivity (Wildman–Crippen MR) is 80.0 cm³/mol. The zero-order valence-corrected chi connectivity index (χ0v) is 13.0. The van der Waals surface area contributed by atoms with Gasteiger partial charge in [-0.15, -0.1) is 0 Å². The normalized spacial score (nSPS) is 51.1. The Hall–Kier alpha value is -0.300. The molecular formula is C18H30O. The Morgan fingerprint density at radius 3 is 2.68 bits per heavy atom. The van der Waals surface area contributed by atoms with Gasteiger partial charge < -0.3 is 4.74 Å². The van der Waals surface area contributed by atoms with Crippen molar-refractivity contribution in [2.75, 3.05) is 13.2 Å². The average molecular weight is 262 g/mol. The highest BCUT2D eigenvalue weighted by molar-refractivity contribution is 5.19. The second-order valence-electron chi connectivity index (χ2n) is 7.96. The highest BCUT2D eigenvalue weighted by Gasteiger charge is 2.50. The molecule has 1 heterocycles. The molecule has 0 N–H and O–H groups in total. The molecule has 0 amide bonds. The third kappa shape index (κ3) is 2.00. The number of rotatable bonds is 1. The molecule has 1 nitrogen and oxygen atoms in total. The zero-order valence-electron chi connectivity index (χ0n) is 13.0. The largest absolute Gasteiger partial charge is 0.381 e. The first-order valence-corrected chi connectivity index (χ1v) is 8.23. The number of ether oxygens (including phenoxy) is 1. The molecule has 2 aliphatic carbocycles. The third-order valence-electron chi connectivity index (χ3n) is 7.30. The average Bonchev–Trinajstić information content (AvgIpc) is 2.69. The smallest absolute Gasteiger partial charge is 0.0496 e.